The number of furan rings is 1. The number of hydrogen-bond donors (Lipinski definition) is 1. The van der Waals surface area contributed by atoms with Gasteiger partial charge in [0.15, 0.2) is 0 Å². The molecule has 0 aliphatic rings. The minimum absolute atomic E-state index is 0.329. The lowest BCUT2D eigenvalue weighted by Crippen LogP contribution is -2.22. The summed E-state index contributed by atoms with van der Waals surface area (Å²) in [7, 11) is 0. The van der Waals surface area contributed by atoms with Crippen molar-refractivity contribution in [3.8, 4) is 0 Å². The third-order valence-corrected chi connectivity index (χ3v) is 3.41. The monoisotopic (exact) mass is 243 g/mol. The summed E-state index contributed by atoms with van der Waals surface area (Å²) in [5.41, 5.74) is 5.29. The second-order valence-electron chi connectivity index (χ2n) is 4.79. The van der Waals surface area contributed by atoms with Gasteiger partial charge in [-0.25, -0.2) is 0 Å². The Morgan fingerprint density at radius 2 is 2.00 bits per heavy atom. The molecule has 1 N–H and O–H groups in total. The van der Waals surface area contributed by atoms with Crippen LogP contribution in [-0.4, -0.2) is 6.54 Å². The van der Waals surface area contributed by atoms with Crippen LogP contribution in [0, 0.1) is 13.8 Å². The Balaban J connectivity index is 2.16. The third kappa shape index (κ3) is 3.02. The fourth-order valence-electron chi connectivity index (χ4n) is 2.19. The van der Waals surface area contributed by atoms with E-state index in [1.165, 1.54) is 22.3 Å². The second-order valence-corrected chi connectivity index (χ2v) is 4.79. The maximum Gasteiger partial charge on any atom is 0.0950 e. The van der Waals surface area contributed by atoms with E-state index >= 15 is 0 Å². The predicted octanol–water partition coefficient (Wildman–Crippen LogP) is 3.79. The summed E-state index contributed by atoms with van der Waals surface area (Å²) in [6, 6.07) is 9.06. The lowest BCUT2D eigenvalue weighted by molar-refractivity contribution is 0.525. The number of benzene rings is 1. The zero-order chi connectivity index (χ0) is 13.0. The van der Waals surface area contributed by atoms with E-state index in [-0.39, 0.29) is 0 Å². The van der Waals surface area contributed by atoms with Crippen LogP contribution in [-0.2, 0) is 6.42 Å². The van der Waals surface area contributed by atoms with Gasteiger partial charge >= 0.3 is 0 Å². The van der Waals surface area contributed by atoms with Crippen LogP contribution in [0.25, 0.3) is 0 Å². The zero-order valence-corrected chi connectivity index (χ0v) is 11.4. The number of nitrogens with one attached hydrogen (secondary N) is 1. The van der Waals surface area contributed by atoms with Crippen LogP contribution in [0.4, 0.5) is 0 Å². The van der Waals surface area contributed by atoms with Crippen molar-refractivity contribution in [3.63, 3.8) is 0 Å². The molecule has 18 heavy (non-hydrogen) atoms. The highest BCUT2D eigenvalue weighted by atomic mass is 16.3. The fraction of sp³-hybridized carbons (Fsp3) is 0.375. The highest BCUT2D eigenvalue weighted by Gasteiger charge is 2.12. The van der Waals surface area contributed by atoms with Gasteiger partial charge in [0.1, 0.15) is 0 Å². The summed E-state index contributed by atoms with van der Waals surface area (Å²) in [5.74, 6) is 0. The molecular formula is C16H21NO. The van der Waals surface area contributed by atoms with Crippen molar-refractivity contribution < 1.29 is 4.42 Å². The fourth-order valence-corrected chi connectivity index (χ4v) is 2.19. The van der Waals surface area contributed by atoms with Crippen molar-refractivity contribution in [1.29, 1.82) is 0 Å². The topological polar surface area (TPSA) is 25.2 Å². The molecule has 0 bridgehead atoms. The average Bonchev–Trinajstić information content (AvgIpc) is 2.87. The number of aryl methyl sites for hydroxylation is 2. The Morgan fingerprint density at radius 1 is 1.17 bits per heavy atom. The van der Waals surface area contributed by atoms with Crippen LogP contribution in [0.15, 0.2) is 41.2 Å². The summed E-state index contributed by atoms with van der Waals surface area (Å²) in [6.45, 7) is 7.41. The van der Waals surface area contributed by atoms with Crippen molar-refractivity contribution in [2.45, 2.75) is 33.2 Å². The van der Waals surface area contributed by atoms with E-state index < -0.39 is 0 Å². The van der Waals surface area contributed by atoms with Gasteiger partial charge in [0.05, 0.1) is 12.5 Å². The van der Waals surface area contributed by atoms with Crippen LogP contribution >= 0.6 is 0 Å². The van der Waals surface area contributed by atoms with Gasteiger partial charge in [-0.05, 0) is 49.6 Å². The number of rotatable bonds is 5. The summed E-state index contributed by atoms with van der Waals surface area (Å²) < 4.78 is 5.18. The van der Waals surface area contributed by atoms with E-state index in [9.17, 15) is 0 Å². The van der Waals surface area contributed by atoms with Crippen LogP contribution in [0.1, 0.15) is 35.2 Å². The summed E-state index contributed by atoms with van der Waals surface area (Å²) in [4.78, 5) is 0. The molecule has 1 aromatic carbocycles. The Labute approximate surface area is 109 Å². The standard InChI is InChI=1S/C16H21NO/c1-4-17-16(15-7-8-18-11-15)10-14-6-5-12(2)13(3)9-14/h5-9,11,16-17H,4,10H2,1-3H3. The van der Waals surface area contributed by atoms with Gasteiger partial charge in [-0.1, -0.05) is 25.1 Å². The quantitative estimate of drug-likeness (QED) is 0.864. The van der Waals surface area contributed by atoms with Crippen molar-refractivity contribution in [1.82, 2.24) is 5.32 Å². The molecule has 1 heterocycles. The zero-order valence-electron chi connectivity index (χ0n) is 11.4. The van der Waals surface area contributed by atoms with Gasteiger partial charge in [-0.2, -0.15) is 0 Å². The van der Waals surface area contributed by atoms with E-state index in [1.54, 1.807) is 6.26 Å². The molecule has 0 amide bonds. The normalized spacial score (nSPS) is 12.6. The lowest BCUT2D eigenvalue weighted by Gasteiger charge is -2.17. The molecule has 0 fully saturated rings. The average molecular weight is 243 g/mol. The first-order valence-corrected chi connectivity index (χ1v) is 6.52. The van der Waals surface area contributed by atoms with Crippen molar-refractivity contribution >= 4 is 0 Å². The smallest absolute Gasteiger partial charge is 0.0950 e. The molecule has 2 rings (SSSR count). The third-order valence-electron chi connectivity index (χ3n) is 3.41. The van der Waals surface area contributed by atoms with Gasteiger partial charge in [0, 0.05) is 11.6 Å². The molecular weight excluding hydrogens is 222 g/mol. The van der Waals surface area contributed by atoms with Gasteiger partial charge in [0.25, 0.3) is 0 Å². The van der Waals surface area contributed by atoms with Crippen LogP contribution in [0.3, 0.4) is 0 Å². The van der Waals surface area contributed by atoms with Crippen molar-refractivity contribution in [2.24, 2.45) is 0 Å². The van der Waals surface area contributed by atoms with E-state index in [0.29, 0.717) is 6.04 Å². The maximum absolute atomic E-state index is 5.18. The molecule has 0 aliphatic carbocycles. The molecule has 0 saturated carbocycles. The Kier molecular flexibility index (Phi) is 4.21. The predicted molar refractivity (Wildman–Crippen MR) is 74.7 cm³/mol. The van der Waals surface area contributed by atoms with E-state index in [2.05, 4.69) is 44.3 Å². The minimum atomic E-state index is 0.329. The van der Waals surface area contributed by atoms with Crippen LogP contribution in [0.5, 0.6) is 0 Å². The summed E-state index contributed by atoms with van der Waals surface area (Å²) in [6.07, 6.45) is 4.56. The Morgan fingerprint density at radius 3 is 2.61 bits per heavy atom. The van der Waals surface area contributed by atoms with Gasteiger partial charge in [-0.15, -0.1) is 0 Å². The summed E-state index contributed by atoms with van der Waals surface area (Å²) >= 11 is 0. The van der Waals surface area contributed by atoms with Crippen LogP contribution < -0.4 is 5.32 Å². The van der Waals surface area contributed by atoms with E-state index in [1.807, 2.05) is 12.3 Å². The molecule has 1 unspecified atom stereocenters. The maximum atomic E-state index is 5.18. The second kappa shape index (κ2) is 5.87. The Hall–Kier alpha value is -1.54. The SMILES string of the molecule is CCNC(Cc1ccc(C)c(C)c1)c1ccoc1. The molecule has 1 atom stereocenters. The molecule has 0 aliphatic heterocycles. The molecule has 0 radical (unpaired) electrons. The van der Waals surface area contributed by atoms with Gasteiger partial charge in [0.2, 0.25) is 0 Å². The summed E-state index contributed by atoms with van der Waals surface area (Å²) in [5, 5.41) is 3.51. The molecule has 0 spiro atoms. The van der Waals surface area contributed by atoms with Crippen LogP contribution in [0.2, 0.25) is 0 Å². The lowest BCUT2D eigenvalue weighted by atomic mass is 9.98. The largest absolute Gasteiger partial charge is 0.472 e. The first kappa shape index (κ1) is 12.9. The number of hydrogen-bond acceptors (Lipinski definition) is 2. The molecule has 0 saturated heterocycles. The Bertz CT molecular complexity index is 488. The molecule has 2 aromatic rings. The molecule has 2 heteroatoms. The highest BCUT2D eigenvalue weighted by Crippen LogP contribution is 2.20. The first-order valence-electron chi connectivity index (χ1n) is 6.52. The molecule has 1 aromatic heterocycles. The molecule has 2 nitrogen and oxygen atoms in total. The van der Waals surface area contributed by atoms with Crippen molar-refractivity contribution in [2.75, 3.05) is 6.54 Å². The van der Waals surface area contributed by atoms with Gasteiger partial charge in [-0.3, -0.25) is 0 Å². The van der Waals surface area contributed by atoms with Gasteiger partial charge < -0.3 is 9.73 Å². The van der Waals surface area contributed by atoms with E-state index in [4.69, 9.17) is 4.42 Å². The number of likely N-dealkylation sites (N-methyl/N-ethyl adjacent to an activating group) is 1. The minimum Gasteiger partial charge on any atom is -0.472 e. The van der Waals surface area contributed by atoms with E-state index in [0.717, 1.165) is 13.0 Å². The first-order chi connectivity index (χ1) is 8.70. The van der Waals surface area contributed by atoms with Crippen molar-refractivity contribution in [3.05, 3.63) is 59.0 Å². The molecule has 96 valence electrons. The highest BCUT2D eigenvalue weighted by molar-refractivity contribution is 5.31.